The van der Waals surface area contributed by atoms with Gasteiger partial charge in [-0.2, -0.15) is 0 Å². The van der Waals surface area contributed by atoms with Crippen molar-refractivity contribution in [2.24, 2.45) is 0 Å². The van der Waals surface area contributed by atoms with E-state index >= 15 is 0 Å². The van der Waals surface area contributed by atoms with Crippen LogP contribution in [0, 0.1) is 0 Å². The number of hydrogen-bond donors (Lipinski definition) is 2. The number of fused-ring (bicyclic) bond motifs is 1. The lowest BCUT2D eigenvalue weighted by molar-refractivity contribution is 0.0501. The molecule has 0 radical (unpaired) electrons. The fourth-order valence-electron chi connectivity index (χ4n) is 4.24. The zero-order chi connectivity index (χ0) is 19.3. The number of piperazine rings is 1. The van der Waals surface area contributed by atoms with E-state index in [0.717, 1.165) is 44.9 Å². The minimum Gasteiger partial charge on any atom is -0.497 e. The van der Waals surface area contributed by atoms with Crippen molar-refractivity contribution in [2.75, 3.05) is 33.4 Å². The van der Waals surface area contributed by atoms with E-state index in [1.54, 1.807) is 7.11 Å². The van der Waals surface area contributed by atoms with E-state index in [-0.39, 0.29) is 6.61 Å². The van der Waals surface area contributed by atoms with Gasteiger partial charge in [0.1, 0.15) is 5.75 Å². The van der Waals surface area contributed by atoms with E-state index in [9.17, 15) is 5.11 Å². The standard InChI is InChI=1S/C23H29N3O2/c1-28-21-6-4-5-18(13-21)15-26-11-10-25(17-20(26)9-12-27)16-19-14-24-23-8-3-2-7-22(19)23/h2-8,13-14,20,24,27H,9-12,15-17H2,1H3/t20-/m0/s1. The summed E-state index contributed by atoms with van der Waals surface area (Å²) in [6, 6.07) is 17.1. The molecule has 0 bridgehead atoms. The van der Waals surface area contributed by atoms with Crippen molar-refractivity contribution in [3.63, 3.8) is 0 Å². The van der Waals surface area contributed by atoms with Gasteiger partial charge in [-0.1, -0.05) is 30.3 Å². The van der Waals surface area contributed by atoms with Gasteiger partial charge in [0.15, 0.2) is 0 Å². The highest BCUT2D eigenvalue weighted by atomic mass is 16.5. The van der Waals surface area contributed by atoms with Crippen LogP contribution in [0.3, 0.4) is 0 Å². The van der Waals surface area contributed by atoms with Crippen LogP contribution in [-0.4, -0.2) is 59.3 Å². The zero-order valence-electron chi connectivity index (χ0n) is 16.5. The van der Waals surface area contributed by atoms with E-state index in [0.29, 0.717) is 6.04 Å². The molecule has 2 aromatic carbocycles. The molecule has 3 aromatic rings. The first-order valence-electron chi connectivity index (χ1n) is 10.0. The molecule has 1 aromatic heterocycles. The first-order chi connectivity index (χ1) is 13.8. The quantitative estimate of drug-likeness (QED) is 0.662. The maximum atomic E-state index is 9.60. The number of aliphatic hydroxyl groups is 1. The number of H-pyrrole nitrogens is 1. The number of rotatable bonds is 7. The Morgan fingerprint density at radius 2 is 2.00 bits per heavy atom. The second-order valence-corrected chi connectivity index (χ2v) is 7.58. The van der Waals surface area contributed by atoms with Crippen molar-refractivity contribution >= 4 is 10.9 Å². The predicted octanol–water partition coefficient (Wildman–Crippen LogP) is 3.25. The fraction of sp³-hybridized carbons (Fsp3) is 0.391. The lowest BCUT2D eigenvalue weighted by Gasteiger charge is -2.41. The second-order valence-electron chi connectivity index (χ2n) is 7.58. The molecule has 148 valence electrons. The summed E-state index contributed by atoms with van der Waals surface area (Å²) >= 11 is 0. The van der Waals surface area contributed by atoms with E-state index in [2.05, 4.69) is 57.4 Å². The van der Waals surface area contributed by atoms with E-state index in [1.165, 1.54) is 22.0 Å². The average molecular weight is 380 g/mol. The molecule has 5 heteroatoms. The molecular formula is C23H29N3O2. The minimum absolute atomic E-state index is 0.222. The molecule has 4 rings (SSSR count). The van der Waals surface area contributed by atoms with Crippen molar-refractivity contribution in [2.45, 2.75) is 25.6 Å². The molecule has 0 unspecified atom stereocenters. The van der Waals surface area contributed by atoms with Crippen molar-refractivity contribution in [1.29, 1.82) is 0 Å². The summed E-state index contributed by atoms with van der Waals surface area (Å²) < 4.78 is 5.36. The van der Waals surface area contributed by atoms with Gasteiger partial charge in [-0.15, -0.1) is 0 Å². The van der Waals surface area contributed by atoms with Crippen LogP contribution in [0.2, 0.25) is 0 Å². The van der Waals surface area contributed by atoms with Crippen LogP contribution >= 0.6 is 0 Å². The molecule has 5 nitrogen and oxygen atoms in total. The van der Waals surface area contributed by atoms with Crippen LogP contribution in [0.1, 0.15) is 17.5 Å². The number of aromatic amines is 1. The topological polar surface area (TPSA) is 51.7 Å². The van der Waals surface area contributed by atoms with E-state index < -0.39 is 0 Å². The number of para-hydroxylation sites is 1. The molecule has 1 aliphatic heterocycles. The molecule has 0 aliphatic carbocycles. The van der Waals surface area contributed by atoms with Gasteiger partial charge in [0, 0.05) is 62.5 Å². The lowest BCUT2D eigenvalue weighted by atomic mass is 10.1. The Hall–Kier alpha value is -2.34. The number of benzene rings is 2. The summed E-state index contributed by atoms with van der Waals surface area (Å²) in [6.07, 6.45) is 2.93. The van der Waals surface area contributed by atoms with Crippen LogP contribution in [0.15, 0.2) is 54.7 Å². The third-order valence-corrected chi connectivity index (χ3v) is 5.74. The Labute approximate surface area is 166 Å². The number of aromatic nitrogens is 1. The summed E-state index contributed by atoms with van der Waals surface area (Å²) in [5.74, 6) is 0.897. The Morgan fingerprint density at radius 1 is 1.11 bits per heavy atom. The van der Waals surface area contributed by atoms with Gasteiger partial charge in [0.2, 0.25) is 0 Å². The van der Waals surface area contributed by atoms with Crippen LogP contribution in [0.25, 0.3) is 10.9 Å². The monoisotopic (exact) mass is 379 g/mol. The minimum atomic E-state index is 0.222. The van der Waals surface area contributed by atoms with Crippen LogP contribution < -0.4 is 4.74 Å². The number of nitrogens with one attached hydrogen (secondary N) is 1. The van der Waals surface area contributed by atoms with Crippen LogP contribution in [-0.2, 0) is 13.1 Å². The Morgan fingerprint density at radius 3 is 2.86 bits per heavy atom. The number of aliphatic hydroxyl groups excluding tert-OH is 1. The Balaban J connectivity index is 1.43. The smallest absolute Gasteiger partial charge is 0.119 e. The van der Waals surface area contributed by atoms with Gasteiger partial charge in [0.05, 0.1) is 7.11 Å². The van der Waals surface area contributed by atoms with Crippen molar-refractivity contribution in [3.8, 4) is 5.75 Å². The second kappa shape index (κ2) is 8.78. The zero-order valence-corrected chi connectivity index (χ0v) is 16.5. The number of ether oxygens (including phenoxy) is 1. The maximum absolute atomic E-state index is 9.60. The molecule has 0 saturated carbocycles. The van der Waals surface area contributed by atoms with Gasteiger partial charge in [0.25, 0.3) is 0 Å². The largest absolute Gasteiger partial charge is 0.497 e. The van der Waals surface area contributed by atoms with Gasteiger partial charge in [-0.25, -0.2) is 0 Å². The van der Waals surface area contributed by atoms with Gasteiger partial charge < -0.3 is 14.8 Å². The van der Waals surface area contributed by atoms with Gasteiger partial charge >= 0.3 is 0 Å². The normalized spacial score (nSPS) is 18.6. The molecule has 2 N–H and O–H groups in total. The molecule has 1 aliphatic rings. The molecule has 2 heterocycles. The Bertz CT molecular complexity index is 908. The molecule has 0 amide bonds. The average Bonchev–Trinajstić information content (AvgIpc) is 3.13. The Kier molecular flexibility index (Phi) is 5.95. The first-order valence-corrected chi connectivity index (χ1v) is 10.0. The fourth-order valence-corrected chi connectivity index (χ4v) is 4.24. The van der Waals surface area contributed by atoms with Crippen molar-refractivity contribution in [3.05, 3.63) is 65.9 Å². The molecule has 0 spiro atoms. The molecular weight excluding hydrogens is 350 g/mol. The number of nitrogens with zero attached hydrogens (tertiary/aromatic N) is 2. The maximum Gasteiger partial charge on any atom is 0.119 e. The highest BCUT2D eigenvalue weighted by Gasteiger charge is 2.27. The predicted molar refractivity (Wildman–Crippen MR) is 112 cm³/mol. The summed E-state index contributed by atoms with van der Waals surface area (Å²) in [6.45, 7) is 5.07. The van der Waals surface area contributed by atoms with Crippen LogP contribution in [0.4, 0.5) is 0 Å². The third-order valence-electron chi connectivity index (χ3n) is 5.74. The summed E-state index contributed by atoms with van der Waals surface area (Å²) in [7, 11) is 1.71. The highest BCUT2D eigenvalue weighted by Crippen LogP contribution is 2.23. The molecule has 1 saturated heterocycles. The van der Waals surface area contributed by atoms with E-state index in [1.807, 2.05) is 12.1 Å². The molecule has 1 atom stereocenters. The van der Waals surface area contributed by atoms with Crippen LogP contribution in [0.5, 0.6) is 5.75 Å². The lowest BCUT2D eigenvalue weighted by Crippen LogP contribution is -2.52. The summed E-state index contributed by atoms with van der Waals surface area (Å²) in [5, 5.41) is 10.9. The molecule has 1 fully saturated rings. The highest BCUT2D eigenvalue weighted by molar-refractivity contribution is 5.82. The van der Waals surface area contributed by atoms with Gasteiger partial charge in [-0.3, -0.25) is 9.80 Å². The first kappa shape index (κ1) is 19.0. The van der Waals surface area contributed by atoms with Crippen molar-refractivity contribution < 1.29 is 9.84 Å². The summed E-state index contributed by atoms with van der Waals surface area (Å²) in [5.41, 5.74) is 3.80. The molecule has 28 heavy (non-hydrogen) atoms. The number of hydrogen-bond acceptors (Lipinski definition) is 4. The van der Waals surface area contributed by atoms with Crippen molar-refractivity contribution in [1.82, 2.24) is 14.8 Å². The van der Waals surface area contributed by atoms with Gasteiger partial charge in [-0.05, 0) is 35.7 Å². The van der Waals surface area contributed by atoms with E-state index in [4.69, 9.17) is 4.74 Å². The number of methoxy groups -OCH3 is 1. The summed E-state index contributed by atoms with van der Waals surface area (Å²) in [4.78, 5) is 8.39. The third kappa shape index (κ3) is 4.22. The SMILES string of the molecule is COc1cccc(CN2CCN(Cc3c[nH]c4ccccc34)C[C@@H]2CCO)c1.